The zero-order valence-electron chi connectivity index (χ0n) is 12.9. The van der Waals surface area contributed by atoms with E-state index in [4.69, 9.17) is 4.74 Å². The molecule has 0 aliphatic rings. The van der Waals surface area contributed by atoms with E-state index in [1.165, 1.54) is 0 Å². The number of nitrogens with zero attached hydrogens (tertiary/aromatic N) is 2. The molecule has 108 valence electrons. The minimum Gasteiger partial charge on any atom is -0.439 e. The second-order valence-electron chi connectivity index (χ2n) is 6.01. The van der Waals surface area contributed by atoms with Gasteiger partial charge in [0.05, 0.1) is 11.3 Å². The molecule has 1 heterocycles. The number of para-hydroxylation sites is 1. The highest BCUT2D eigenvalue weighted by Crippen LogP contribution is 2.27. The number of nitrogens with one attached hydrogen (secondary N) is 1. The molecule has 4 heteroatoms. The normalized spacial score (nSPS) is 11.7. The van der Waals surface area contributed by atoms with Crippen LogP contribution in [-0.2, 0) is 13.6 Å². The number of aromatic nitrogens is 2. The first-order chi connectivity index (χ1) is 9.37. The summed E-state index contributed by atoms with van der Waals surface area (Å²) in [6.07, 6.45) is 0. The fraction of sp³-hybridized carbons (Fsp3) is 0.438. The zero-order valence-corrected chi connectivity index (χ0v) is 12.9. The van der Waals surface area contributed by atoms with Crippen molar-refractivity contribution in [1.82, 2.24) is 15.1 Å². The van der Waals surface area contributed by atoms with Gasteiger partial charge in [0.2, 0.25) is 5.88 Å². The van der Waals surface area contributed by atoms with Gasteiger partial charge in [-0.15, -0.1) is 0 Å². The highest BCUT2D eigenvalue weighted by Gasteiger charge is 2.18. The van der Waals surface area contributed by atoms with Gasteiger partial charge in [0, 0.05) is 19.1 Å². The van der Waals surface area contributed by atoms with Gasteiger partial charge in [0.1, 0.15) is 5.75 Å². The first-order valence-electron chi connectivity index (χ1n) is 6.87. The lowest BCUT2D eigenvalue weighted by molar-refractivity contribution is 0.401. The monoisotopic (exact) mass is 273 g/mol. The molecular formula is C16H23N3O. The molecule has 0 spiro atoms. The molecule has 0 radical (unpaired) electrons. The van der Waals surface area contributed by atoms with Crippen LogP contribution in [0.4, 0.5) is 0 Å². The third kappa shape index (κ3) is 3.61. The Morgan fingerprint density at radius 3 is 2.45 bits per heavy atom. The highest BCUT2D eigenvalue weighted by molar-refractivity contribution is 5.35. The number of rotatable bonds is 4. The lowest BCUT2D eigenvalue weighted by Gasteiger charge is -2.20. The van der Waals surface area contributed by atoms with Crippen molar-refractivity contribution in [2.45, 2.75) is 39.8 Å². The van der Waals surface area contributed by atoms with E-state index in [-0.39, 0.29) is 5.54 Å². The molecule has 0 fully saturated rings. The van der Waals surface area contributed by atoms with Crippen molar-refractivity contribution < 1.29 is 4.74 Å². The van der Waals surface area contributed by atoms with E-state index in [0.717, 1.165) is 29.4 Å². The minimum atomic E-state index is 0.0618. The predicted molar refractivity (Wildman–Crippen MR) is 81.1 cm³/mol. The van der Waals surface area contributed by atoms with Crippen LogP contribution >= 0.6 is 0 Å². The van der Waals surface area contributed by atoms with Crippen LogP contribution in [0, 0.1) is 6.92 Å². The van der Waals surface area contributed by atoms with E-state index < -0.39 is 0 Å². The van der Waals surface area contributed by atoms with E-state index in [0.29, 0.717) is 0 Å². The van der Waals surface area contributed by atoms with Gasteiger partial charge in [-0.2, -0.15) is 5.10 Å². The van der Waals surface area contributed by atoms with Gasteiger partial charge in [-0.3, -0.25) is 0 Å². The van der Waals surface area contributed by atoms with Gasteiger partial charge in [-0.1, -0.05) is 18.2 Å². The second kappa shape index (κ2) is 5.67. The third-order valence-electron chi connectivity index (χ3n) is 3.04. The van der Waals surface area contributed by atoms with Crippen molar-refractivity contribution in [1.29, 1.82) is 0 Å². The Kier molecular flexibility index (Phi) is 4.14. The van der Waals surface area contributed by atoms with Crippen molar-refractivity contribution in [3.8, 4) is 11.6 Å². The molecule has 2 rings (SSSR count). The van der Waals surface area contributed by atoms with Crippen LogP contribution in [0.25, 0.3) is 0 Å². The molecule has 0 bridgehead atoms. The summed E-state index contributed by atoms with van der Waals surface area (Å²) in [5, 5.41) is 7.94. The van der Waals surface area contributed by atoms with Gasteiger partial charge in [-0.05, 0) is 39.8 Å². The van der Waals surface area contributed by atoms with Gasteiger partial charge in [0.15, 0.2) is 0 Å². The SMILES string of the molecule is Cc1nn(C)c(Oc2ccccc2)c1CNC(C)(C)C. The van der Waals surface area contributed by atoms with Crippen LogP contribution in [0.3, 0.4) is 0 Å². The Morgan fingerprint density at radius 1 is 1.20 bits per heavy atom. The van der Waals surface area contributed by atoms with Crippen molar-refractivity contribution in [2.75, 3.05) is 0 Å². The smallest absolute Gasteiger partial charge is 0.222 e. The topological polar surface area (TPSA) is 39.1 Å². The Morgan fingerprint density at radius 2 is 1.85 bits per heavy atom. The fourth-order valence-corrected chi connectivity index (χ4v) is 1.97. The van der Waals surface area contributed by atoms with Gasteiger partial charge >= 0.3 is 0 Å². The molecular weight excluding hydrogens is 250 g/mol. The van der Waals surface area contributed by atoms with Crippen LogP contribution < -0.4 is 10.1 Å². The average molecular weight is 273 g/mol. The third-order valence-corrected chi connectivity index (χ3v) is 3.04. The number of benzene rings is 1. The van der Waals surface area contributed by atoms with Crippen molar-refractivity contribution >= 4 is 0 Å². The first kappa shape index (κ1) is 14.6. The summed E-state index contributed by atoms with van der Waals surface area (Å²) in [4.78, 5) is 0. The minimum absolute atomic E-state index is 0.0618. The van der Waals surface area contributed by atoms with E-state index in [2.05, 4.69) is 31.2 Å². The average Bonchev–Trinajstić information content (AvgIpc) is 2.62. The van der Waals surface area contributed by atoms with Crippen LogP contribution in [0.15, 0.2) is 30.3 Å². The molecule has 0 saturated carbocycles. The maximum absolute atomic E-state index is 5.99. The molecule has 1 N–H and O–H groups in total. The summed E-state index contributed by atoms with van der Waals surface area (Å²) in [6.45, 7) is 9.20. The van der Waals surface area contributed by atoms with E-state index >= 15 is 0 Å². The van der Waals surface area contributed by atoms with E-state index in [1.807, 2.05) is 44.3 Å². The van der Waals surface area contributed by atoms with Crippen LogP contribution in [0.2, 0.25) is 0 Å². The fourth-order valence-electron chi connectivity index (χ4n) is 1.97. The largest absolute Gasteiger partial charge is 0.439 e. The lowest BCUT2D eigenvalue weighted by Crippen LogP contribution is -2.35. The Bertz CT molecular complexity index is 567. The summed E-state index contributed by atoms with van der Waals surface area (Å²) < 4.78 is 7.78. The molecule has 0 aliphatic carbocycles. The molecule has 20 heavy (non-hydrogen) atoms. The van der Waals surface area contributed by atoms with Crippen molar-refractivity contribution in [2.24, 2.45) is 7.05 Å². The molecule has 0 atom stereocenters. The molecule has 0 amide bonds. The van der Waals surface area contributed by atoms with Crippen molar-refractivity contribution in [3.05, 3.63) is 41.6 Å². The Hall–Kier alpha value is -1.81. The Labute approximate surface area is 120 Å². The molecule has 0 saturated heterocycles. The van der Waals surface area contributed by atoms with Crippen molar-refractivity contribution in [3.63, 3.8) is 0 Å². The predicted octanol–water partition coefficient (Wildman–Crippen LogP) is 3.41. The zero-order chi connectivity index (χ0) is 14.8. The number of hydrogen-bond acceptors (Lipinski definition) is 3. The molecule has 4 nitrogen and oxygen atoms in total. The molecule has 0 aliphatic heterocycles. The van der Waals surface area contributed by atoms with Crippen LogP contribution in [-0.4, -0.2) is 15.3 Å². The van der Waals surface area contributed by atoms with E-state index in [1.54, 1.807) is 4.68 Å². The maximum atomic E-state index is 5.99. The lowest BCUT2D eigenvalue weighted by atomic mass is 10.1. The number of hydrogen-bond donors (Lipinski definition) is 1. The number of ether oxygens (including phenoxy) is 1. The molecule has 1 aromatic carbocycles. The summed E-state index contributed by atoms with van der Waals surface area (Å²) in [5.74, 6) is 1.62. The molecule has 1 aromatic heterocycles. The van der Waals surface area contributed by atoms with E-state index in [9.17, 15) is 0 Å². The quantitative estimate of drug-likeness (QED) is 0.928. The number of aryl methyl sites for hydroxylation is 2. The summed E-state index contributed by atoms with van der Waals surface area (Å²) >= 11 is 0. The van der Waals surface area contributed by atoms with Gasteiger partial charge in [-0.25, -0.2) is 4.68 Å². The van der Waals surface area contributed by atoms with Gasteiger partial charge in [0.25, 0.3) is 0 Å². The molecule has 0 unspecified atom stereocenters. The Balaban J connectivity index is 2.24. The highest BCUT2D eigenvalue weighted by atomic mass is 16.5. The van der Waals surface area contributed by atoms with Crippen LogP contribution in [0.1, 0.15) is 32.0 Å². The summed E-state index contributed by atoms with van der Waals surface area (Å²) in [6, 6.07) is 9.80. The first-order valence-corrected chi connectivity index (χ1v) is 6.87. The summed E-state index contributed by atoms with van der Waals surface area (Å²) in [5.41, 5.74) is 2.16. The second-order valence-corrected chi connectivity index (χ2v) is 6.01. The summed E-state index contributed by atoms with van der Waals surface area (Å²) in [7, 11) is 1.91. The van der Waals surface area contributed by atoms with Gasteiger partial charge < -0.3 is 10.1 Å². The maximum Gasteiger partial charge on any atom is 0.222 e. The molecule has 2 aromatic rings. The van der Waals surface area contributed by atoms with Crippen LogP contribution in [0.5, 0.6) is 11.6 Å². The standard InChI is InChI=1S/C16H23N3O/c1-12-14(11-17-16(2,3)4)15(19(5)18-12)20-13-9-7-6-8-10-13/h6-10,17H,11H2,1-5H3.